The van der Waals surface area contributed by atoms with Crippen molar-refractivity contribution < 1.29 is 14.8 Å². The van der Waals surface area contributed by atoms with Crippen molar-refractivity contribution in [3.8, 4) is 5.75 Å². The van der Waals surface area contributed by atoms with Gasteiger partial charge in [-0.3, -0.25) is 0 Å². The van der Waals surface area contributed by atoms with E-state index < -0.39 is 7.12 Å². The van der Waals surface area contributed by atoms with Crippen LogP contribution in [0.1, 0.15) is 0 Å². The standard InChI is InChI=1S/C19H18BNO3/c1-24-19-13-11-18(12-14-19)21(16-5-3-2-4-6-16)17-9-7-15(8-10-17)20(22)23/h2-14,22-23H,1H3. The van der Waals surface area contributed by atoms with Crippen molar-refractivity contribution in [3.05, 3.63) is 78.9 Å². The quantitative estimate of drug-likeness (QED) is 0.710. The third-order valence-corrected chi connectivity index (χ3v) is 3.79. The number of benzene rings is 3. The van der Waals surface area contributed by atoms with Crippen LogP contribution in [0.25, 0.3) is 0 Å². The van der Waals surface area contributed by atoms with Gasteiger partial charge in [0.1, 0.15) is 5.75 Å². The molecule has 0 aromatic heterocycles. The summed E-state index contributed by atoms with van der Waals surface area (Å²) in [6, 6.07) is 24.9. The minimum Gasteiger partial charge on any atom is -0.497 e. The highest BCUT2D eigenvalue weighted by Crippen LogP contribution is 2.34. The molecule has 0 aliphatic rings. The van der Waals surface area contributed by atoms with Crippen molar-refractivity contribution in [1.29, 1.82) is 0 Å². The summed E-state index contributed by atoms with van der Waals surface area (Å²) in [5.74, 6) is 0.797. The maximum absolute atomic E-state index is 9.27. The molecule has 0 fully saturated rings. The number of methoxy groups -OCH3 is 1. The highest BCUT2D eigenvalue weighted by Gasteiger charge is 2.14. The highest BCUT2D eigenvalue weighted by atomic mass is 16.5. The van der Waals surface area contributed by atoms with Gasteiger partial charge in [0.15, 0.2) is 0 Å². The average Bonchev–Trinajstić information content (AvgIpc) is 2.64. The van der Waals surface area contributed by atoms with Gasteiger partial charge in [0.2, 0.25) is 0 Å². The van der Waals surface area contributed by atoms with Crippen molar-refractivity contribution >= 4 is 29.6 Å². The molecule has 0 atom stereocenters. The molecule has 3 rings (SSSR count). The molecule has 0 radical (unpaired) electrons. The van der Waals surface area contributed by atoms with Gasteiger partial charge in [0.05, 0.1) is 7.11 Å². The van der Waals surface area contributed by atoms with Gasteiger partial charge in [-0.2, -0.15) is 0 Å². The fourth-order valence-electron chi connectivity index (χ4n) is 2.55. The van der Waals surface area contributed by atoms with E-state index in [4.69, 9.17) is 4.74 Å². The third kappa shape index (κ3) is 3.43. The zero-order valence-corrected chi connectivity index (χ0v) is 13.3. The zero-order chi connectivity index (χ0) is 16.9. The van der Waals surface area contributed by atoms with Crippen LogP contribution in [0.3, 0.4) is 0 Å². The Morgan fingerprint density at radius 1 is 0.708 bits per heavy atom. The number of anilines is 3. The summed E-state index contributed by atoms with van der Waals surface area (Å²) in [6.45, 7) is 0. The Hall–Kier alpha value is -2.76. The Kier molecular flexibility index (Phi) is 4.84. The first-order valence-corrected chi connectivity index (χ1v) is 7.64. The lowest BCUT2D eigenvalue weighted by molar-refractivity contribution is 0.415. The van der Waals surface area contributed by atoms with Crippen molar-refractivity contribution in [2.45, 2.75) is 0 Å². The summed E-state index contributed by atoms with van der Waals surface area (Å²) in [4.78, 5) is 2.09. The van der Waals surface area contributed by atoms with E-state index in [2.05, 4.69) is 4.90 Å². The Morgan fingerprint density at radius 3 is 1.71 bits per heavy atom. The molecule has 0 heterocycles. The zero-order valence-electron chi connectivity index (χ0n) is 13.3. The summed E-state index contributed by atoms with van der Waals surface area (Å²) >= 11 is 0. The summed E-state index contributed by atoms with van der Waals surface area (Å²) in [5, 5.41) is 18.5. The van der Waals surface area contributed by atoms with Gasteiger partial charge in [-0.1, -0.05) is 30.3 Å². The molecule has 0 amide bonds. The Balaban J connectivity index is 2.04. The maximum Gasteiger partial charge on any atom is 0.488 e. The smallest absolute Gasteiger partial charge is 0.488 e. The molecule has 3 aromatic rings. The first kappa shape index (κ1) is 16.1. The van der Waals surface area contributed by atoms with Crippen LogP contribution < -0.4 is 15.1 Å². The predicted molar refractivity (Wildman–Crippen MR) is 97.5 cm³/mol. The van der Waals surface area contributed by atoms with Crippen LogP contribution in [0.4, 0.5) is 17.1 Å². The van der Waals surface area contributed by atoms with Crippen molar-refractivity contribution in [2.75, 3.05) is 12.0 Å². The van der Waals surface area contributed by atoms with E-state index in [0.29, 0.717) is 5.46 Å². The van der Waals surface area contributed by atoms with Crippen LogP contribution in [0.15, 0.2) is 78.9 Å². The summed E-state index contributed by atoms with van der Waals surface area (Å²) in [5.41, 5.74) is 3.39. The average molecular weight is 319 g/mol. The molecule has 2 N–H and O–H groups in total. The molecule has 0 bridgehead atoms. The van der Waals surface area contributed by atoms with Gasteiger partial charge in [0.25, 0.3) is 0 Å². The van der Waals surface area contributed by atoms with Gasteiger partial charge < -0.3 is 19.7 Å². The fraction of sp³-hybridized carbons (Fsp3) is 0.0526. The van der Waals surface area contributed by atoms with Gasteiger partial charge in [0, 0.05) is 17.1 Å². The van der Waals surface area contributed by atoms with E-state index in [1.54, 1.807) is 19.2 Å². The second-order valence-electron chi connectivity index (χ2n) is 5.33. The molecule has 0 aliphatic heterocycles. The van der Waals surface area contributed by atoms with E-state index in [0.717, 1.165) is 22.8 Å². The van der Waals surface area contributed by atoms with E-state index in [9.17, 15) is 10.0 Å². The lowest BCUT2D eigenvalue weighted by Crippen LogP contribution is -2.29. The minimum absolute atomic E-state index is 0.460. The minimum atomic E-state index is -1.47. The van der Waals surface area contributed by atoms with Crippen LogP contribution in [0, 0.1) is 0 Å². The van der Waals surface area contributed by atoms with Gasteiger partial charge in [-0.15, -0.1) is 0 Å². The number of rotatable bonds is 5. The molecule has 0 saturated carbocycles. The first-order chi connectivity index (χ1) is 11.7. The Labute approximate surface area is 141 Å². The number of nitrogens with zero attached hydrogens (tertiary/aromatic N) is 1. The molecule has 0 saturated heterocycles. The lowest BCUT2D eigenvalue weighted by Gasteiger charge is -2.25. The molecule has 5 heteroatoms. The maximum atomic E-state index is 9.27. The third-order valence-electron chi connectivity index (χ3n) is 3.79. The van der Waals surface area contributed by atoms with E-state index in [-0.39, 0.29) is 0 Å². The predicted octanol–water partition coefficient (Wildman–Crippen LogP) is 2.84. The van der Waals surface area contributed by atoms with Crippen LogP contribution in [-0.4, -0.2) is 24.3 Å². The van der Waals surface area contributed by atoms with E-state index >= 15 is 0 Å². The molecular formula is C19H18BNO3. The Bertz CT molecular complexity index is 774. The number of para-hydroxylation sites is 1. The van der Waals surface area contributed by atoms with Crippen molar-refractivity contribution in [2.24, 2.45) is 0 Å². The van der Waals surface area contributed by atoms with E-state index in [1.807, 2.05) is 66.7 Å². The second-order valence-corrected chi connectivity index (χ2v) is 5.33. The van der Waals surface area contributed by atoms with Gasteiger partial charge >= 0.3 is 7.12 Å². The molecule has 0 unspecified atom stereocenters. The monoisotopic (exact) mass is 319 g/mol. The van der Waals surface area contributed by atoms with Crippen molar-refractivity contribution in [3.63, 3.8) is 0 Å². The summed E-state index contributed by atoms with van der Waals surface area (Å²) in [6.07, 6.45) is 0. The molecular weight excluding hydrogens is 301 g/mol. The molecule has 3 aromatic carbocycles. The van der Waals surface area contributed by atoms with E-state index in [1.165, 1.54) is 0 Å². The topological polar surface area (TPSA) is 52.9 Å². The second kappa shape index (κ2) is 7.21. The normalized spacial score (nSPS) is 10.3. The van der Waals surface area contributed by atoms with Crippen LogP contribution in [-0.2, 0) is 0 Å². The summed E-state index contributed by atoms with van der Waals surface area (Å²) < 4.78 is 5.23. The fourth-order valence-corrected chi connectivity index (χ4v) is 2.55. The molecule has 0 spiro atoms. The Morgan fingerprint density at radius 2 is 1.21 bits per heavy atom. The van der Waals surface area contributed by atoms with Crippen molar-refractivity contribution in [1.82, 2.24) is 0 Å². The largest absolute Gasteiger partial charge is 0.497 e. The molecule has 0 aliphatic carbocycles. The molecule has 24 heavy (non-hydrogen) atoms. The highest BCUT2D eigenvalue weighted by molar-refractivity contribution is 6.58. The molecule has 4 nitrogen and oxygen atoms in total. The SMILES string of the molecule is COc1ccc(N(c2ccccc2)c2ccc(B(O)O)cc2)cc1. The molecule has 120 valence electrons. The summed E-state index contributed by atoms with van der Waals surface area (Å²) in [7, 11) is 0.174. The number of ether oxygens (including phenoxy) is 1. The number of hydrogen-bond acceptors (Lipinski definition) is 4. The van der Waals surface area contributed by atoms with Crippen LogP contribution >= 0.6 is 0 Å². The lowest BCUT2D eigenvalue weighted by atomic mass is 9.80. The van der Waals surface area contributed by atoms with Crippen LogP contribution in [0.5, 0.6) is 5.75 Å². The van der Waals surface area contributed by atoms with Gasteiger partial charge in [-0.25, -0.2) is 0 Å². The van der Waals surface area contributed by atoms with Gasteiger partial charge in [-0.05, 0) is 54.0 Å². The first-order valence-electron chi connectivity index (χ1n) is 7.64. The van der Waals surface area contributed by atoms with Crippen LogP contribution in [0.2, 0.25) is 0 Å². The number of hydrogen-bond donors (Lipinski definition) is 2.